The van der Waals surface area contributed by atoms with E-state index in [4.69, 9.17) is 4.42 Å². The van der Waals surface area contributed by atoms with Gasteiger partial charge in [0, 0.05) is 19.1 Å². The van der Waals surface area contributed by atoms with Gasteiger partial charge in [0.1, 0.15) is 11.5 Å². The Balaban J connectivity index is 1.60. The predicted molar refractivity (Wildman–Crippen MR) is 122 cm³/mol. The molecule has 2 fully saturated rings. The van der Waals surface area contributed by atoms with E-state index in [9.17, 15) is 16.8 Å². The van der Waals surface area contributed by atoms with Crippen LogP contribution >= 0.6 is 0 Å². The van der Waals surface area contributed by atoms with E-state index in [-0.39, 0.29) is 22.4 Å². The molecule has 0 radical (unpaired) electrons. The Morgan fingerprint density at radius 1 is 0.938 bits per heavy atom. The fraction of sp³-hybridized carbons (Fsp3) is 0.565. The average molecular weight is 481 g/mol. The molecule has 2 aliphatic rings. The van der Waals surface area contributed by atoms with Crippen LogP contribution in [0.2, 0.25) is 0 Å². The predicted octanol–water partition coefficient (Wildman–Crippen LogP) is 4.14. The molecule has 1 aliphatic heterocycles. The highest BCUT2D eigenvalue weighted by atomic mass is 32.2. The van der Waals surface area contributed by atoms with Crippen molar-refractivity contribution in [2.45, 2.75) is 74.7 Å². The molecule has 0 N–H and O–H groups in total. The first kappa shape index (κ1) is 23.5. The minimum atomic E-state index is -3.80. The van der Waals surface area contributed by atoms with Crippen LogP contribution in [0, 0.1) is 12.8 Å². The Bertz CT molecular complexity index is 1130. The van der Waals surface area contributed by atoms with Crippen LogP contribution in [0.4, 0.5) is 0 Å². The zero-order valence-corrected chi connectivity index (χ0v) is 20.4. The summed E-state index contributed by atoms with van der Waals surface area (Å²) in [7, 11) is -7.43. The third-order valence-corrected chi connectivity index (χ3v) is 10.3. The van der Waals surface area contributed by atoms with Crippen LogP contribution in [-0.2, 0) is 26.6 Å². The highest BCUT2D eigenvalue weighted by Crippen LogP contribution is 2.31. The molecule has 1 aromatic heterocycles. The van der Waals surface area contributed by atoms with Gasteiger partial charge in [-0.05, 0) is 74.9 Å². The van der Waals surface area contributed by atoms with Gasteiger partial charge in [0.05, 0.1) is 16.3 Å². The zero-order valence-electron chi connectivity index (χ0n) is 18.7. The minimum Gasteiger partial charge on any atom is -0.465 e. The number of rotatable bonds is 7. The van der Waals surface area contributed by atoms with Crippen molar-refractivity contribution in [2.24, 2.45) is 5.92 Å². The third kappa shape index (κ3) is 4.81. The normalized spacial score (nSPS) is 21.4. The second-order valence-electron chi connectivity index (χ2n) is 9.08. The molecular weight excluding hydrogens is 448 g/mol. The second-order valence-corrected chi connectivity index (χ2v) is 12.9. The van der Waals surface area contributed by atoms with Gasteiger partial charge in [0.2, 0.25) is 20.0 Å². The van der Waals surface area contributed by atoms with Crippen LogP contribution < -0.4 is 0 Å². The molecule has 4 rings (SSSR count). The topological polar surface area (TPSA) is 87.9 Å². The SMILES string of the molecule is Cc1ccc(CN(C2CCCC2)S(=O)(=O)c2ccc(S(=O)(=O)N3CCC[C@@H](C)C3)cc2)o1. The fourth-order valence-corrected chi connectivity index (χ4v) is 8.01. The minimum absolute atomic E-state index is 0.0800. The molecule has 2 heterocycles. The number of nitrogens with zero attached hydrogens (tertiary/aromatic N) is 2. The molecule has 0 bridgehead atoms. The molecule has 2 aromatic rings. The summed E-state index contributed by atoms with van der Waals surface area (Å²) in [6.45, 7) is 5.06. The Morgan fingerprint density at radius 3 is 2.19 bits per heavy atom. The molecule has 9 heteroatoms. The molecule has 1 aromatic carbocycles. The maximum absolute atomic E-state index is 13.6. The lowest BCUT2D eigenvalue weighted by Crippen LogP contribution is -2.39. The molecule has 1 saturated heterocycles. The van der Waals surface area contributed by atoms with Gasteiger partial charge in [0.15, 0.2) is 0 Å². The number of aryl methyl sites for hydroxylation is 1. The highest BCUT2D eigenvalue weighted by Gasteiger charge is 2.35. The lowest BCUT2D eigenvalue weighted by atomic mass is 10.0. The smallest absolute Gasteiger partial charge is 0.243 e. The first-order valence-corrected chi connectivity index (χ1v) is 14.2. The molecule has 0 spiro atoms. The average Bonchev–Trinajstić information content (AvgIpc) is 3.44. The third-order valence-electron chi connectivity index (χ3n) is 6.53. The molecular formula is C23H32N2O5S2. The summed E-state index contributed by atoms with van der Waals surface area (Å²) in [6.07, 6.45) is 5.50. The molecule has 32 heavy (non-hydrogen) atoms. The van der Waals surface area contributed by atoms with Crippen molar-refractivity contribution in [3.63, 3.8) is 0 Å². The summed E-state index contributed by atoms with van der Waals surface area (Å²) in [6, 6.07) is 9.24. The van der Waals surface area contributed by atoms with E-state index >= 15 is 0 Å². The van der Waals surface area contributed by atoms with Crippen molar-refractivity contribution in [3.05, 3.63) is 47.9 Å². The number of benzene rings is 1. The summed E-state index contributed by atoms with van der Waals surface area (Å²) in [5.74, 6) is 1.67. The summed E-state index contributed by atoms with van der Waals surface area (Å²) < 4.78 is 61.9. The first-order valence-electron chi connectivity index (χ1n) is 11.4. The molecule has 1 atom stereocenters. The van der Waals surface area contributed by atoms with E-state index in [0.717, 1.165) is 44.3 Å². The maximum atomic E-state index is 13.6. The molecule has 176 valence electrons. The van der Waals surface area contributed by atoms with Crippen LogP contribution in [-0.4, -0.2) is 44.6 Å². The summed E-state index contributed by atoms with van der Waals surface area (Å²) in [5, 5.41) is 0. The standard InChI is InChI=1S/C23H32N2O5S2/c1-18-6-5-15-24(16-18)31(26,27)22-11-13-23(14-12-22)32(28,29)25(20-7-3-4-8-20)17-21-10-9-19(2)30-21/h9-14,18,20H,3-8,15-17H2,1-2H3/t18-/m1/s1. The van der Waals surface area contributed by atoms with Crippen LogP contribution in [0.3, 0.4) is 0 Å². The van der Waals surface area contributed by atoms with Crippen LogP contribution in [0.1, 0.15) is 57.0 Å². The summed E-state index contributed by atoms with van der Waals surface area (Å²) in [5.41, 5.74) is 0. The van der Waals surface area contributed by atoms with Crippen LogP contribution in [0.15, 0.2) is 50.6 Å². The van der Waals surface area contributed by atoms with Gasteiger partial charge in [-0.15, -0.1) is 0 Å². The van der Waals surface area contributed by atoms with E-state index < -0.39 is 20.0 Å². The highest BCUT2D eigenvalue weighted by molar-refractivity contribution is 7.89. The molecule has 7 nitrogen and oxygen atoms in total. The largest absolute Gasteiger partial charge is 0.465 e. The monoisotopic (exact) mass is 480 g/mol. The number of hydrogen-bond donors (Lipinski definition) is 0. The van der Waals surface area contributed by atoms with Gasteiger partial charge in [-0.2, -0.15) is 8.61 Å². The molecule has 0 unspecified atom stereocenters. The van der Waals surface area contributed by atoms with E-state index in [1.54, 1.807) is 0 Å². The number of sulfonamides is 2. The van der Waals surface area contributed by atoms with Gasteiger partial charge in [-0.1, -0.05) is 19.8 Å². The summed E-state index contributed by atoms with van der Waals surface area (Å²) >= 11 is 0. The van der Waals surface area contributed by atoms with Gasteiger partial charge in [-0.25, -0.2) is 16.8 Å². The van der Waals surface area contributed by atoms with Crippen molar-refractivity contribution in [2.75, 3.05) is 13.1 Å². The number of piperidine rings is 1. The quantitative estimate of drug-likeness (QED) is 0.594. The van der Waals surface area contributed by atoms with Crippen molar-refractivity contribution in [3.8, 4) is 0 Å². The molecule has 1 saturated carbocycles. The Kier molecular flexibility index (Phi) is 6.81. The van der Waals surface area contributed by atoms with Gasteiger partial charge in [0.25, 0.3) is 0 Å². The van der Waals surface area contributed by atoms with Crippen molar-refractivity contribution in [1.29, 1.82) is 0 Å². The van der Waals surface area contributed by atoms with Gasteiger partial charge >= 0.3 is 0 Å². The van der Waals surface area contributed by atoms with Crippen LogP contribution in [0.25, 0.3) is 0 Å². The zero-order chi connectivity index (χ0) is 22.9. The van der Waals surface area contributed by atoms with Gasteiger partial charge in [-0.3, -0.25) is 0 Å². The van der Waals surface area contributed by atoms with E-state index in [1.807, 2.05) is 19.1 Å². The molecule has 0 amide bonds. The second kappa shape index (κ2) is 9.29. The fourth-order valence-electron chi connectivity index (χ4n) is 4.76. The number of hydrogen-bond acceptors (Lipinski definition) is 5. The number of furan rings is 1. The lowest BCUT2D eigenvalue weighted by Gasteiger charge is -2.30. The Hall–Kier alpha value is -1.68. The maximum Gasteiger partial charge on any atom is 0.243 e. The Morgan fingerprint density at radius 2 is 1.59 bits per heavy atom. The van der Waals surface area contributed by atoms with Crippen molar-refractivity contribution < 1.29 is 21.3 Å². The summed E-state index contributed by atoms with van der Waals surface area (Å²) in [4.78, 5) is 0.248. The Labute approximate surface area is 191 Å². The van der Waals surface area contributed by atoms with E-state index in [1.165, 1.54) is 32.9 Å². The van der Waals surface area contributed by atoms with E-state index in [0.29, 0.717) is 24.8 Å². The lowest BCUT2D eigenvalue weighted by molar-refractivity contribution is 0.281. The van der Waals surface area contributed by atoms with Gasteiger partial charge < -0.3 is 4.42 Å². The van der Waals surface area contributed by atoms with E-state index in [2.05, 4.69) is 6.92 Å². The first-order chi connectivity index (χ1) is 15.2. The van der Waals surface area contributed by atoms with Crippen molar-refractivity contribution in [1.82, 2.24) is 8.61 Å². The van der Waals surface area contributed by atoms with Crippen LogP contribution in [0.5, 0.6) is 0 Å². The van der Waals surface area contributed by atoms with Crippen molar-refractivity contribution >= 4 is 20.0 Å². The molecule has 1 aliphatic carbocycles.